The zero-order valence-electron chi connectivity index (χ0n) is 14.1. The van der Waals surface area contributed by atoms with Gasteiger partial charge in [-0.25, -0.2) is 4.98 Å². The molecule has 1 aromatic heterocycles. The van der Waals surface area contributed by atoms with Crippen molar-refractivity contribution in [3.63, 3.8) is 0 Å². The van der Waals surface area contributed by atoms with Gasteiger partial charge in [0.05, 0.1) is 5.69 Å². The van der Waals surface area contributed by atoms with E-state index in [0.29, 0.717) is 11.4 Å². The average Bonchev–Trinajstić information content (AvgIpc) is 3.05. The number of aromatic nitrogens is 1. The van der Waals surface area contributed by atoms with Crippen molar-refractivity contribution < 1.29 is 4.79 Å². The third-order valence-electron chi connectivity index (χ3n) is 3.67. The second-order valence-corrected chi connectivity index (χ2v) is 7.70. The summed E-state index contributed by atoms with van der Waals surface area (Å²) in [6.45, 7) is 2.55. The maximum absolute atomic E-state index is 12.4. The highest BCUT2D eigenvalue weighted by Crippen LogP contribution is 2.27. The van der Waals surface area contributed by atoms with Crippen LogP contribution in [-0.2, 0) is 5.75 Å². The fourth-order valence-electron chi connectivity index (χ4n) is 2.39. The molecule has 1 heterocycles. The molecule has 3 rings (SSSR count). The van der Waals surface area contributed by atoms with Gasteiger partial charge >= 0.3 is 0 Å². The summed E-state index contributed by atoms with van der Waals surface area (Å²) >= 11 is 3.27. The first-order valence-corrected chi connectivity index (χ1v) is 10.1. The van der Waals surface area contributed by atoms with Crippen molar-refractivity contribution in [3.8, 4) is 10.6 Å². The molecule has 0 unspecified atom stereocenters. The van der Waals surface area contributed by atoms with Gasteiger partial charge in [-0.05, 0) is 12.5 Å². The molecule has 0 fully saturated rings. The van der Waals surface area contributed by atoms with Crippen LogP contribution in [-0.4, -0.2) is 23.2 Å². The lowest BCUT2D eigenvalue weighted by molar-refractivity contribution is 0.0959. The van der Waals surface area contributed by atoms with Gasteiger partial charge in [0.1, 0.15) is 9.88 Å². The Morgan fingerprint density at radius 3 is 2.48 bits per heavy atom. The quantitative estimate of drug-likeness (QED) is 0.610. The normalized spacial score (nSPS) is 10.6. The van der Waals surface area contributed by atoms with E-state index in [0.717, 1.165) is 27.8 Å². The molecule has 3 aromatic rings. The predicted octanol–water partition coefficient (Wildman–Crippen LogP) is 4.78. The smallest absolute Gasteiger partial charge is 0.263 e. The number of nitrogens with one attached hydrogen (secondary N) is 1. The first-order chi connectivity index (χ1) is 12.2. The number of thiazole rings is 1. The molecule has 0 saturated heterocycles. The standard InChI is InChI=1S/C20H20N2OS2/c1-15-18(25-20(22-15)17-10-6-3-7-11-17)19(23)21-12-13-24-14-16-8-4-2-5-9-16/h2-11H,12-14H2,1H3,(H,21,23). The summed E-state index contributed by atoms with van der Waals surface area (Å²) in [5.41, 5.74) is 3.15. The van der Waals surface area contributed by atoms with Crippen LogP contribution in [0.25, 0.3) is 10.6 Å². The summed E-state index contributed by atoms with van der Waals surface area (Å²) in [6.07, 6.45) is 0. The highest BCUT2D eigenvalue weighted by molar-refractivity contribution is 7.98. The maximum Gasteiger partial charge on any atom is 0.263 e. The lowest BCUT2D eigenvalue weighted by Gasteiger charge is -2.04. The van der Waals surface area contributed by atoms with E-state index in [1.54, 1.807) is 0 Å². The molecule has 2 aromatic carbocycles. The Hall–Kier alpha value is -2.11. The van der Waals surface area contributed by atoms with Crippen LogP contribution in [0.1, 0.15) is 20.9 Å². The molecule has 0 spiro atoms. The number of nitrogens with zero attached hydrogens (tertiary/aromatic N) is 1. The molecule has 25 heavy (non-hydrogen) atoms. The fraction of sp³-hybridized carbons (Fsp3) is 0.200. The molecule has 0 atom stereocenters. The van der Waals surface area contributed by atoms with Crippen molar-refractivity contribution in [1.82, 2.24) is 10.3 Å². The molecule has 0 bridgehead atoms. The highest BCUT2D eigenvalue weighted by Gasteiger charge is 2.15. The molecule has 0 radical (unpaired) electrons. The Balaban J connectivity index is 1.49. The molecule has 0 aliphatic rings. The fourth-order valence-corrected chi connectivity index (χ4v) is 4.20. The predicted molar refractivity (Wildman–Crippen MR) is 107 cm³/mol. The summed E-state index contributed by atoms with van der Waals surface area (Å²) in [4.78, 5) is 17.6. The lowest BCUT2D eigenvalue weighted by Crippen LogP contribution is -2.25. The number of benzene rings is 2. The highest BCUT2D eigenvalue weighted by atomic mass is 32.2. The van der Waals surface area contributed by atoms with Crippen LogP contribution in [0, 0.1) is 6.92 Å². The van der Waals surface area contributed by atoms with Crippen molar-refractivity contribution in [2.45, 2.75) is 12.7 Å². The van der Waals surface area contributed by atoms with Crippen molar-refractivity contribution in [2.75, 3.05) is 12.3 Å². The van der Waals surface area contributed by atoms with Gasteiger partial charge in [-0.2, -0.15) is 11.8 Å². The summed E-state index contributed by atoms with van der Waals surface area (Å²) in [6, 6.07) is 20.3. The Labute approximate surface area is 156 Å². The van der Waals surface area contributed by atoms with E-state index >= 15 is 0 Å². The number of thioether (sulfide) groups is 1. The van der Waals surface area contributed by atoms with Gasteiger partial charge in [0.2, 0.25) is 0 Å². The second-order valence-electron chi connectivity index (χ2n) is 5.59. The maximum atomic E-state index is 12.4. The van der Waals surface area contributed by atoms with E-state index in [1.165, 1.54) is 16.9 Å². The third kappa shape index (κ3) is 4.94. The van der Waals surface area contributed by atoms with E-state index in [4.69, 9.17) is 0 Å². The average molecular weight is 369 g/mol. The SMILES string of the molecule is Cc1nc(-c2ccccc2)sc1C(=O)NCCSCc1ccccc1. The van der Waals surface area contributed by atoms with Gasteiger partial charge in [-0.1, -0.05) is 60.7 Å². The van der Waals surface area contributed by atoms with Crippen LogP contribution < -0.4 is 5.32 Å². The summed E-state index contributed by atoms with van der Waals surface area (Å²) in [5.74, 6) is 1.83. The number of aryl methyl sites for hydroxylation is 1. The van der Waals surface area contributed by atoms with Gasteiger partial charge in [0.25, 0.3) is 5.91 Å². The largest absolute Gasteiger partial charge is 0.350 e. The first-order valence-electron chi connectivity index (χ1n) is 8.17. The van der Waals surface area contributed by atoms with Crippen molar-refractivity contribution in [3.05, 3.63) is 76.8 Å². The molecule has 1 amide bonds. The van der Waals surface area contributed by atoms with Crippen LogP contribution >= 0.6 is 23.1 Å². The minimum absolute atomic E-state index is 0.0301. The Kier molecular flexibility index (Phi) is 6.25. The monoisotopic (exact) mass is 368 g/mol. The lowest BCUT2D eigenvalue weighted by atomic mass is 10.2. The van der Waals surface area contributed by atoms with E-state index in [-0.39, 0.29) is 5.91 Å². The Morgan fingerprint density at radius 1 is 1.08 bits per heavy atom. The number of amides is 1. The number of rotatable bonds is 7. The van der Waals surface area contributed by atoms with Crippen LogP contribution in [0.15, 0.2) is 60.7 Å². The molecule has 0 saturated carbocycles. The van der Waals surface area contributed by atoms with Crippen molar-refractivity contribution in [2.24, 2.45) is 0 Å². The summed E-state index contributed by atoms with van der Waals surface area (Å²) < 4.78 is 0. The molecule has 0 aliphatic carbocycles. The molecule has 0 aliphatic heterocycles. The molecular formula is C20H20N2OS2. The zero-order chi connectivity index (χ0) is 17.5. The van der Waals surface area contributed by atoms with Crippen LogP contribution in [0.3, 0.4) is 0 Å². The minimum Gasteiger partial charge on any atom is -0.350 e. The van der Waals surface area contributed by atoms with Crippen molar-refractivity contribution in [1.29, 1.82) is 0 Å². The zero-order valence-corrected chi connectivity index (χ0v) is 15.7. The van der Waals surface area contributed by atoms with Gasteiger partial charge in [-0.3, -0.25) is 4.79 Å². The van der Waals surface area contributed by atoms with E-state index in [9.17, 15) is 4.79 Å². The number of carbonyl (C=O) groups is 1. The molecule has 1 N–H and O–H groups in total. The molecular weight excluding hydrogens is 348 g/mol. The van der Waals surface area contributed by atoms with Gasteiger partial charge in [0, 0.05) is 23.6 Å². The Bertz CT molecular complexity index is 816. The topological polar surface area (TPSA) is 42.0 Å². The molecule has 5 heteroatoms. The van der Waals surface area contributed by atoms with Crippen LogP contribution in [0.5, 0.6) is 0 Å². The number of carbonyl (C=O) groups excluding carboxylic acids is 1. The Morgan fingerprint density at radius 2 is 1.76 bits per heavy atom. The van der Waals surface area contributed by atoms with Crippen LogP contribution in [0.2, 0.25) is 0 Å². The summed E-state index contributed by atoms with van der Waals surface area (Å²) in [5, 5.41) is 3.89. The van der Waals surface area contributed by atoms with E-state index < -0.39 is 0 Å². The number of hydrogen-bond donors (Lipinski definition) is 1. The third-order valence-corrected chi connectivity index (χ3v) is 5.90. The molecule has 128 valence electrons. The first kappa shape index (κ1) is 17.7. The van der Waals surface area contributed by atoms with Crippen molar-refractivity contribution >= 4 is 29.0 Å². The second kappa shape index (κ2) is 8.83. The van der Waals surface area contributed by atoms with E-state index in [1.807, 2.05) is 55.1 Å². The minimum atomic E-state index is -0.0301. The number of hydrogen-bond acceptors (Lipinski definition) is 4. The van der Waals surface area contributed by atoms with Gasteiger partial charge in [0.15, 0.2) is 0 Å². The van der Waals surface area contributed by atoms with Gasteiger partial charge in [-0.15, -0.1) is 11.3 Å². The summed E-state index contributed by atoms with van der Waals surface area (Å²) in [7, 11) is 0. The van der Waals surface area contributed by atoms with Gasteiger partial charge < -0.3 is 5.32 Å². The van der Waals surface area contributed by atoms with E-state index in [2.05, 4.69) is 34.6 Å². The molecule has 3 nitrogen and oxygen atoms in total. The van der Waals surface area contributed by atoms with Crippen LogP contribution in [0.4, 0.5) is 0 Å².